The number of nitrogens with zero attached hydrogens (tertiary/aromatic N) is 1. The van der Waals surface area contributed by atoms with E-state index in [1.165, 1.54) is 17.5 Å². The molecule has 0 unspecified atom stereocenters. The van der Waals surface area contributed by atoms with Gasteiger partial charge in [0, 0.05) is 31.0 Å². The zero-order valence-corrected chi connectivity index (χ0v) is 21.6. The van der Waals surface area contributed by atoms with Gasteiger partial charge in [0.1, 0.15) is 5.75 Å². The maximum absolute atomic E-state index is 12.2. The van der Waals surface area contributed by atoms with Crippen molar-refractivity contribution >= 4 is 68.2 Å². The number of rotatable bonds is 12. The summed E-state index contributed by atoms with van der Waals surface area (Å²) in [6, 6.07) is 10.3. The van der Waals surface area contributed by atoms with Gasteiger partial charge in [-0.3, -0.25) is 9.10 Å². The van der Waals surface area contributed by atoms with Crippen LogP contribution in [0, 0.1) is 0 Å². The third-order valence-corrected chi connectivity index (χ3v) is 7.67. The van der Waals surface area contributed by atoms with E-state index in [0.29, 0.717) is 39.5 Å². The fourth-order valence-electron chi connectivity index (χ4n) is 2.85. The fraction of sp³-hybridized carbons (Fsp3) is 0.381. The zero-order chi connectivity index (χ0) is 23.7. The normalized spacial score (nSPS) is 11.3. The lowest BCUT2D eigenvalue weighted by Gasteiger charge is -2.23. The summed E-state index contributed by atoms with van der Waals surface area (Å²) in [7, 11) is -2.04. The quantitative estimate of drug-likeness (QED) is 0.373. The van der Waals surface area contributed by atoms with E-state index in [1.807, 2.05) is 12.1 Å². The smallest absolute Gasteiger partial charge is 0.232 e. The molecule has 2 aromatic rings. The van der Waals surface area contributed by atoms with Crippen molar-refractivity contribution in [2.24, 2.45) is 0 Å². The van der Waals surface area contributed by atoms with E-state index in [1.54, 1.807) is 30.0 Å². The Bertz CT molecular complexity index is 1040. The number of anilines is 1. The topological polar surface area (TPSA) is 75.7 Å². The van der Waals surface area contributed by atoms with E-state index in [9.17, 15) is 13.2 Å². The van der Waals surface area contributed by atoms with Crippen LogP contribution >= 0.6 is 46.6 Å². The van der Waals surface area contributed by atoms with Gasteiger partial charge in [0.15, 0.2) is 0 Å². The van der Waals surface area contributed by atoms with Crippen molar-refractivity contribution in [3.63, 3.8) is 0 Å². The van der Waals surface area contributed by atoms with Crippen molar-refractivity contribution in [3.05, 3.63) is 57.0 Å². The van der Waals surface area contributed by atoms with Crippen LogP contribution in [0.1, 0.15) is 18.4 Å². The summed E-state index contributed by atoms with van der Waals surface area (Å²) in [6.07, 6.45) is 1.71. The number of thioether (sulfide) groups is 1. The summed E-state index contributed by atoms with van der Waals surface area (Å²) in [6.45, 7) is 0.690. The number of ether oxygens (including phenoxy) is 1. The van der Waals surface area contributed by atoms with Crippen molar-refractivity contribution in [1.29, 1.82) is 0 Å². The second-order valence-corrected chi connectivity index (χ2v) is 11.1. The SMILES string of the molecule is COc1ccc(N(CCCC(=O)NCCSCc2ccc(Cl)c(Cl)c2)S(C)(=O)=O)cc1Cl. The largest absolute Gasteiger partial charge is 0.495 e. The summed E-state index contributed by atoms with van der Waals surface area (Å²) in [5.41, 5.74) is 1.49. The van der Waals surface area contributed by atoms with Gasteiger partial charge in [0.05, 0.1) is 34.1 Å². The minimum atomic E-state index is -3.53. The number of halogens is 3. The highest BCUT2D eigenvalue weighted by molar-refractivity contribution is 7.98. The third-order valence-electron chi connectivity index (χ3n) is 4.41. The Morgan fingerprint density at radius 2 is 1.84 bits per heavy atom. The molecule has 0 aliphatic heterocycles. The van der Waals surface area contributed by atoms with Crippen LogP contribution in [-0.4, -0.2) is 46.5 Å². The zero-order valence-electron chi connectivity index (χ0n) is 17.7. The van der Waals surface area contributed by atoms with Crippen LogP contribution in [0.3, 0.4) is 0 Å². The molecule has 0 saturated carbocycles. The van der Waals surface area contributed by atoms with Gasteiger partial charge in [-0.25, -0.2) is 8.42 Å². The Morgan fingerprint density at radius 3 is 2.47 bits per heavy atom. The Hall–Kier alpha value is -1.32. The second kappa shape index (κ2) is 12.8. The first-order valence-electron chi connectivity index (χ1n) is 9.71. The van der Waals surface area contributed by atoms with Gasteiger partial charge < -0.3 is 10.1 Å². The van der Waals surface area contributed by atoms with Gasteiger partial charge in [-0.2, -0.15) is 11.8 Å². The molecule has 0 aliphatic rings. The molecule has 11 heteroatoms. The van der Waals surface area contributed by atoms with Gasteiger partial charge in [-0.15, -0.1) is 0 Å². The van der Waals surface area contributed by atoms with Gasteiger partial charge in [-0.1, -0.05) is 40.9 Å². The van der Waals surface area contributed by atoms with Crippen LogP contribution in [0.4, 0.5) is 5.69 Å². The molecular formula is C21H25Cl3N2O4S2. The Kier molecular flexibility index (Phi) is 10.8. The van der Waals surface area contributed by atoms with Crippen molar-refractivity contribution < 1.29 is 17.9 Å². The number of hydrogen-bond donors (Lipinski definition) is 1. The number of carbonyl (C=O) groups is 1. The molecule has 0 atom stereocenters. The van der Waals surface area contributed by atoms with E-state index in [0.717, 1.165) is 23.3 Å². The maximum Gasteiger partial charge on any atom is 0.232 e. The third kappa shape index (κ3) is 8.56. The molecular weight excluding hydrogens is 515 g/mol. The summed E-state index contributed by atoms with van der Waals surface area (Å²) in [5.74, 6) is 1.84. The average molecular weight is 540 g/mol. The van der Waals surface area contributed by atoms with Crippen LogP contribution in [0.5, 0.6) is 5.75 Å². The summed E-state index contributed by atoms with van der Waals surface area (Å²) >= 11 is 19.7. The number of methoxy groups -OCH3 is 1. The van der Waals surface area contributed by atoms with Crippen molar-refractivity contribution in [2.75, 3.05) is 36.5 Å². The molecule has 1 amide bonds. The van der Waals surface area contributed by atoms with Crippen molar-refractivity contribution in [2.45, 2.75) is 18.6 Å². The molecule has 0 saturated heterocycles. The predicted octanol–water partition coefficient (Wildman–Crippen LogP) is 5.25. The number of benzene rings is 2. The molecule has 0 heterocycles. The molecule has 0 bridgehead atoms. The van der Waals surface area contributed by atoms with E-state index >= 15 is 0 Å². The molecule has 6 nitrogen and oxygen atoms in total. The first-order chi connectivity index (χ1) is 15.1. The number of nitrogens with one attached hydrogen (secondary N) is 1. The summed E-state index contributed by atoms with van der Waals surface area (Å²) < 4.78 is 30.8. The minimum Gasteiger partial charge on any atom is -0.495 e. The molecule has 2 aromatic carbocycles. The molecule has 1 N–H and O–H groups in total. The van der Waals surface area contributed by atoms with Gasteiger partial charge in [0.2, 0.25) is 15.9 Å². The molecule has 0 aliphatic carbocycles. The van der Waals surface area contributed by atoms with Crippen LogP contribution in [0.25, 0.3) is 0 Å². The van der Waals surface area contributed by atoms with Crippen LogP contribution in [0.15, 0.2) is 36.4 Å². The first-order valence-corrected chi connectivity index (χ1v) is 13.8. The molecule has 32 heavy (non-hydrogen) atoms. The summed E-state index contributed by atoms with van der Waals surface area (Å²) in [4.78, 5) is 12.1. The molecule has 0 aromatic heterocycles. The predicted molar refractivity (Wildman–Crippen MR) is 135 cm³/mol. The van der Waals surface area contributed by atoms with E-state index in [4.69, 9.17) is 39.5 Å². The Labute approximate surface area is 208 Å². The van der Waals surface area contributed by atoms with E-state index in [2.05, 4.69) is 5.32 Å². The minimum absolute atomic E-state index is 0.124. The van der Waals surface area contributed by atoms with Crippen LogP contribution < -0.4 is 14.4 Å². The van der Waals surface area contributed by atoms with Gasteiger partial charge in [0.25, 0.3) is 0 Å². The highest BCUT2D eigenvalue weighted by Gasteiger charge is 2.19. The molecule has 0 radical (unpaired) electrons. The average Bonchev–Trinajstić information content (AvgIpc) is 2.72. The lowest BCUT2D eigenvalue weighted by atomic mass is 10.2. The van der Waals surface area contributed by atoms with Crippen molar-refractivity contribution in [1.82, 2.24) is 5.32 Å². The Balaban J connectivity index is 1.75. The van der Waals surface area contributed by atoms with E-state index < -0.39 is 10.0 Å². The second-order valence-electron chi connectivity index (χ2n) is 6.91. The molecule has 176 valence electrons. The highest BCUT2D eigenvalue weighted by atomic mass is 35.5. The number of hydrogen-bond acceptors (Lipinski definition) is 5. The monoisotopic (exact) mass is 538 g/mol. The maximum atomic E-state index is 12.2. The first kappa shape index (κ1) is 26.9. The number of carbonyl (C=O) groups excluding carboxylic acids is 1. The molecule has 0 fully saturated rings. The van der Waals surface area contributed by atoms with Crippen LogP contribution in [-0.2, 0) is 20.6 Å². The highest BCUT2D eigenvalue weighted by Crippen LogP contribution is 2.30. The van der Waals surface area contributed by atoms with Gasteiger partial charge >= 0.3 is 0 Å². The van der Waals surface area contributed by atoms with Crippen LogP contribution in [0.2, 0.25) is 15.1 Å². The van der Waals surface area contributed by atoms with Gasteiger partial charge in [-0.05, 0) is 42.3 Å². The molecule has 2 rings (SSSR count). The molecule has 0 spiro atoms. The number of amides is 1. The number of sulfonamides is 1. The summed E-state index contributed by atoms with van der Waals surface area (Å²) in [5, 5.41) is 4.22. The fourth-order valence-corrected chi connectivity index (χ4v) is 5.19. The Morgan fingerprint density at radius 1 is 1.09 bits per heavy atom. The lowest BCUT2D eigenvalue weighted by molar-refractivity contribution is -0.121. The van der Waals surface area contributed by atoms with E-state index in [-0.39, 0.29) is 18.9 Å². The lowest BCUT2D eigenvalue weighted by Crippen LogP contribution is -2.32. The van der Waals surface area contributed by atoms with Crippen molar-refractivity contribution in [3.8, 4) is 5.75 Å². The standard InChI is InChI=1S/C21H25Cl3N2O4S2/c1-30-20-8-6-16(13-19(20)24)26(32(2,28)29)10-3-4-21(27)25-9-11-31-14-15-5-7-17(22)18(23)12-15/h5-8,12-13H,3-4,9-11,14H2,1-2H3,(H,25,27).